The van der Waals surface area contributed by atoms with Crippen LogP contribution in [0.3, 0.4) is 0 Å². The zero-order chi connectivity index (χ0) is 14.2. The Bertz CT molecular complexity index is 662. The van der Waals surface area contributed by atoms with Gasteiger partial charge in [-0.05, 0) is 30.7 Å². The number of ether oxygens (including phenoxy) is 1. The number of nitrogens with zero attached hydrogens (tertiary/aromatic N) is 2. The molecule has 21 heavy (non-hydrogen) atoms. The second-order valence-electron chi connectivity index (χ2n) is 5.16. The van der Waals surface area contributed by atoms with Gasteiger partial charge in [-0.15, -0.1) is 0 Å². The highest BCUT2D eigenvalue weighted by Crippen LogP contribution is 2.49. The first kappa shape index (κ1) is 13.0. The molecule has 2 heterocycles. The number of fused-ring (bicyclic) bond motifs is 1. The normalized spacial score (nSPS) is 19.8. The second kappa shape index (κ2) is 5.24. The van der Waals surface area contributed by atoms with Crippen molar-refractivity contribution in [2.75, 3.05) is 21.8 Å². The first-order valence-corrected chi connectivity index (χ1v) is 7.77. The third-order valence-electron chi connectivity index (χ3n) is 3.68. The summed E-state index contributed by atoms with van der Waals surface area (Å²) in [7, 11) is 0. The molecule has 0 radical (unpaired) electrons. The number of halogens is 1. The molecule has 0 aromatic heterocycles. The van der Waals surface area contributed by atoms with Crippen molar-refractivity contribution in [1.82, 2.24) is 0 Å². The monoisotopic (exact) mass is 302 g/mol. The summed E-state index contributed by atoms with van der Waals surface area (Å²) in [5.41, 5.74) is 2.76. The lowest BCUT2D eigenvalue weighted by Crippen LogP contribution is -2.16. The Balaban J connectivity index is 1.65. The van der Waals surface area contributed by atoms with E-state index >= 15 is 0 Å². The van der Waals surface area contributed by atoms with Gasteiger partial charge < -0.3 is 4.74 Å². The van der Waals surface area contributed by atoms with Gasteiger partial charge in [0.25, 0.3) is 0 Å². The molecule has 2 aromatic rings. The first-order chi connectivity index (χ1) is 10.3. The summed E-state index contributed by atoms with van der Waals surface area (Å²) in [6, 6.07) is 15.0. The van der Waals surface area contributed by atoms with Crippen LogP contribution in [0.5, 0.6) is 0 Å². The standard InChI is InChI=1S/C16H15FN2OS/c17-13-5-1-2-6-14(13)19-16-8-4-3-7-15(16)18(21-19)10-9-12-11-20-12/h1-8,12H,9-11H2/t12-/m0/s1. The Morgan fingerprint density at radius 2 is 1.71 bits per heavy atom. The van der Waals surface area contributed by atoms with Crippen LogP contribution in [0.2, 0.25) is 0 Å². The van der Waals surface area contributed by atoms with E-state index in [1.54, 1.807) is 18.2 Å². The zero-order valence-electron chi connectivity index (χ0n) is 11.4. The van der Waals surface area contributed by atoms with Crippen LogP contribution in [0.4, 0.5) is 21.5 Å². The Morgan fingerprint density at radius 1 is 1.05 bits per heavy atom. The molecular weight excluding hydrogens is 287 g/mol. The summed E-state index contributed by atoms with van der Waals surface area (Å²) in [6.45, 7) is 1.77. The van der Waals surface area contributed by atoms with E-state index in [2.05, 4.69) is 10.4 Å². The van der Waals surface area contributed by atoms with Crippen molar-refractivity contribution in [3.05, 3.63) is 54.3 Å². The average Bonchev–Trinajstić information content (AvgIpc) is 3.27. The van der Waals surface area contributed by atoms with Crippen LogP contribution in [0, 0.1) is 5.82 Å². The molecule has 0 aliphatic carbocycles. The third kappa shape index (κ3) is 2.47. The van der Waals surface area contributed by atoms with Crippen LogP contribution in [-0.4, -0.2) is 19.3 Å². The van der Waals surface area contributed by atoms with Crippen molar-refractivity contribution in [3.63, 3.8) is 0 Å². The lowest BCUT2D eigenvalue weighted by molar-refractivity contribution is 0.399. The zero-order valence-corrected chi connectivity index (χ0v) is 12.2. The van der Waals surface area contributed by atoms with E-state index in [1.807, 2.05) is 34.6 Å². The minimum absolute atomic E-state index is 0.202. The van der Waals surface area contributed by atoms with Gasteiger partial charge in [0.1, 0.15) is 5.82 Å². The summed E-state index contributed by atoms with van der Waals surface area (Å²) in [4.78, 5) is 0. The molecule has 1 atom stereocenters. The Morgan fingerprint density at radius 3 is 2.43 bits per heavy atom. The van der Waals surface area contributed by atoms with E-state index in [1.165, 1.54) is 6.07 Å². The van der Waals surface area contributed by atoms with Crippen molar-refractivity contribution < 1.29 is 9.13 Å². The predicted octanol–water partition coefficient (Wildman–Crippen LogP) is 4.14. The molecule has 3 nitrogen and oxygen atoms in total. The van der Waals surface area contributed by atoms with Crippen molar-refractivity contribution in [2.45, 2.75) is 12.5 Å². The Hall–Kier alpha value is -1.72. The average molecular weight is 302 g/mol. The van der Waals surface area contributed by atoms with Crippen LogP contribution in [0.25, 0.3) is 0 Å². The van der Waals surface area contributed by atoms with Crippen LogP contribution in [0.15, 0.2) is 48.5 Å². The van der Waals surface area contributed by atoms with E-state index in [0.29, 0.717) is 11.8 Å². The smallest absolute Gasteiger partial charge is 0.147 e. The largest absolute Gasteiger partial charge is 0.373 e. The fraction of sp³-hybridized carbons (Fsp3) is 0.250. The highest BCUT2D eigenvalue weighted by molar-refractivity contribution is 8.02. The summed E-state index contributed by atoms with van der Waals surface area (Å²) < 4.78 is 23.5. The van der Waals surface area contributed by atoms with E-state index in [9.17, 15) is 4.39 Å². The molecule has 2 aliphatic rings. The lowest BCUT2D eigenvalue weighted by Gasteiger charge is -2.19. The maximum absolute atomic E-state index is 14.1. The molecule has 1 saturated heterocycles. The molecule has 5 heteroatoms. The Kier molecular flexibility index (Phi) is 3.24. The summed E-state index contributed by atoms with van der Waals surface area (Å²) >= 11 is 1.55. The fourth-order valence-corrected chi connectivity index (χ4v) is 3.59. The fourth-order valence-electron chi connectivity index (χ4n) is 2.48. The topological polar surface area (TPSA) is 19.0 Å². The number of rotatable bonds is 4. The molecule has 0 unspecified atom stereocenters. The van der Waals surface area contributed by atoms with Crippen molar-refractivity contribution >= 4 is 29.2 Å². The molecule has 4 rings (SSSR count). The summed E-state index contributed by atoms with van der Waals surface area (Å²) in [5.74, 6) is -0.202. The number of benzene rings is 2. The Labute approximate surface area is 127 Å². The highest BCUT2D eigenvalue weighted by atomic mass is 32.2. The molecule has 2 aromatic carbocycles. The molecule has 1 fully saturated rings. The van der Waals surface area contributed by atoms with Crippen LogP contribution >= 0.6 is 12.1 Å². The molecule has 0 N–H and O–H groups in total. The molecule has 2 aliphatic heterocycles. The van der Waals surface area contributed by atoms with Gasteiger partial charge in [-0.2, -0.15) is 0 Å². The molecule has 0 saturated carbocycles. The van der Waals surface area contributed by atoms with Gasteiger partial charge in [0.05, 0.1) is 41.9 Å². The number of hydrogen-bond acceptors (Lipinski definition) is 4. The van der Waals surface area contributed by atoms with E-state index in [4.69, 9.17) is 4.74 Å². The number of epoxide rings is 1. The second-order valence-corrected chi connectivity index (χ2v) is 6.13. The first-order valence-electron chi connectivity index (χ1n) is 7.04. The molecule has 108 valence electrons. The maximum Gasteiger partial charge on any atom is 0.147 e. The van der Waals surface area contributed by atoms with Crippen molar-refractivity contribution in [1.29, 1.82) is 0 Å². The van der Waals surface area contributed by atoms with E-state index < -0.39 is 0 Å². The minimum Gasteiger partial charge on any atom is -0.373 e. The molecule has 0 bridgehead atoms. The van der Waals surface area contributed by atoms with Gasteiger partial charge in [-0.25, -0.2) is 4.39 Å². The molecule has 0 spiro atoms. The molecular formula is C16H15FN2OS. The van der Waals surface area contributed by atoms with Gasteiger partial charge in [0, 0.05) is 6.54 Å². The van der Waals surface area contributed by atoms with Gasteiger partial charge in [-0.1, -0.05) is 24.3 Å². The lowest BCUT2D eigenvalue weighted by atomic mass is 10.2. The van der Waals surface area contributed by atoms with E-state index in [0.717, 1.165) is 30.9 Å². The van der Waals surface area contributed by atoms with Crippen molar-refractivity contribution in [3.8, 4) is 0 Å². The number of para-hydroxylation sites is 3. The SMILES string of the molecule is Fc1ccccc1N1SN(CC[C@H]2CO2)c2ccccc21. The summed E-state index contributed by atoms with van der Waals surface area (Å²) in [5, 5.41) is 0. The highest BCUT2D eigenvalue weighted by Gasteiger charge is 2.31. The van der Waals surface area contributed by atoms with E-state index in [-0.39, 0.29) is 5.82 Å². The number of anilines is 3. The van der Waals surface area contributed by atoms with Crippen molar-refractivity contribution in [2.24, 2.45) is 0 Å². The minimum atomic E-state index is -0.202. The van der Waals surface area contributed by atoms with Crippen LogP contribution < -0.4 is 8.61 Å². The summed E-state index contributed by atoms with van der Waals surface area (Å²) in [6.07, 6.45) is 1.41. The van der Waals surface area contributed by atoms with Gasteiger partial charge in [-0.3, -0.25) is 8.61 Å². The predicted molar refractivity (Wildman–Crippen MR) is 84.3 cm³/mol. The molecule has 0 amide bonds. The van der Waals surface area contributed by atoms with Crippen LogP contribution in [-0.2, 0) is 4.74 Å². The van der Waals surface area contributed by atoms with Gasteiger partial charge in [0.15, 0.2) is 0 Å². The quantitative estimate of drug-likeness (QED) is 0.624. The van der Waals surface area contributed by atoms with Gasteiger partial charge >= 0.3 is 0 Å². The third-order valence-corrected chi connectivity index (χ3v) is 4.81. The maximum atomic E-state index is 14.1. The van der Waals surface area contributed by atoms with Crippen LogP contribution in [0.1, 0.15) is 6.42 Å². The van der Waals surface area contributed by atoms with Gasteiger partial charge in [0.2, 0.25) is 0 Å². The number of hydrogen-bond donors (Lipinski definition) is 0.